The van der Waals surface area contributed by atoms with Crippen molar-refractivity contribution in [3.63, 3.8) is 0 Å². The first kappa shape index (κ1) is 22.5. The molecule has 178 valence electrons. The topological polar surface area (TPSA) is 44.6 Å². The normalized spacial score (nSPS) is 16.6. The molecular formula is C26H29F2N5O. The number of hydrogen-bond acceptors (Lipinski definition) is 4. The number of nitrogens with zero attached hydrogens (tertiary/aromatic N) is 5. The first-order valence-corrected chi connectivity index (χ1v) is 11.9. The van der Waals surface area contributed by atoms with E-state index in [4.69, 9.17) is 0 Å². The van der Waals surface area contributed by atoms with Gasteiger partial charge >= 0.3 is 0 Å². The van der Waals surface area contributed by atoms with Crippen LogP contribution in [0.1, 0.15) is 34.2 Å². The van der Waals surface area contributed by atoms with Crippen molar-refractivity contribution in [3.8, 4) is 0 Å². The van der Waals surface area contributed by atoms with Crippen molar-refractivity contribution < 1.29 is 13.6 Å². The molecule has 3 heterocycles. The minimum Gasteiger partial charge on any atom is -0.368 e. The third-order valence-electron chi connectivity index (χ3n) is 6.85. The van der Waals surface area contributed by atoms with E-state index in [1.54, 1.807) is 0 Å². The maximum Gasteiger partial charge on any atom is 0.274 e. The Labute approximate surface area is 198 Å². The zero-order chi connectivity index (χ0) is 23.7. The summed E-state index contributed by atoms with van der Waals surface area (Å²) >= 11 is 0. The number of piperazine rings is 1. The second-order valence-electron chi connectivity index (χ2n) is 8.87. The Morgan fingerprint density at radius 2 is 1.65 bits per heavy atom. The molecule has 1 fully saturated rings. The number of aromatic nitrogens is 2. The van der Waals surface area contributed by atoms with Gasteiger partial charge in [0.2, 0.25) is 0 Å². The largest absolute Gasteiger partial charge is 0.368 e. The Bertz CT molecular complexity index is 1150. The number of hydrogen-bond donors (Lipinski definition) is 0. The van der Waals surface area contributed by atoms with Crippen LogP contribution in [0.5, 0.6) is 0 Å². The molecule has 2 aromatic carbocycles. The number of rotatable bonds is 5. The zero-order valence-electron chi connectivity index (χ0n) is 19.4. The molecule has 2 aliphatic rings. The smallest absolute Gasteiger partial charge is 0.274 e. The van der Waals surface area contributed by atoms with E-state index in [0.717, 1.165) is 24.3 Å². The predicted octanol–water partition coefficient (Wildman–Crippen LogP) is 3.70. The number of carbonyl (C=O) groups excluding carboxylic acids is 1. The maximum absolute atomic E-state index is 14.2. The second kappa shape index (κ2) is 9.54. The first-order valence-electron chi connectivity index (χ1n) is 11.9. The van der Waals surface area contributed by atoms with E-state index < -0.39 is 11.6 Å². The number of halogens is 2. The minimum absolute atomic E-state index is 0.0601. The van der Waals surface area contributed by atoms with Gasteiger partial charge in [0.1, 0.15) is 11.6 Å². The lowest BCUT2D eigenvalue weighted by Crippen LogP contribution is -2.49. The Morgan fingerprint density at radius 3 is 2.32 bits per heavy atom. The van der Waals surface area contributed by atoms with Gasteiger partial charge in [0.05, 0.1) is 0 Å². The molecule has 3 aromatic rings. The lowest BCUT2D eigenvalue weighted by Gasteiger charge is -2.36. The number of anilines is 1. The van der Waals surface area contributed by atoms with Crippen molar-refractivity contribution in [2.24, 2.45) is 0 Å². The molecule has 34 heavy (non-hydrogen) atoms. The summed E-state index contributed by atoms with van der Waals surface area (Å²) in [5.41, 5.74) is 3.65. The van der Waals surface area contributed by atoms with Crippen LogP contribution in [0.3, 0.4) is 0 Å². The molecule has 2 aliphatic heterocycles. The molecular weight excluding hydrogens is 436 g/mol. The summed E-state index contributed by atoms with van der Waals surface area (Å²) < 4.78 is 30.3. The van der Waals surface area contributed by atoms with E-state index >= 15 is 0 Å². The highest BCUT2D eigenvalue weighted by Crippen LogP contribution is 2.27. The van der Waals surface area contributed by atoms with Gasteiger partial charge in [-0.25, -0.2) is 8.78 Å². The van der Waals surface area contributed by atoms with Crippen molar-refractivity contribution in [1.82, 2.24) is 19.6 Å². The number of para-hydroxylation sites is 1. The second-order valence-corrected chi connectivity index (χ2v) is 8.87. The lowest BCUT2D eigenvalue weighted by atomic mass is 10.0. The van der Waals surface area contributed by atoms with Crippen LogP contribution in [0.2, 0.25) is 0 Å². The van der Waals surface area contributed by atoms with E-state index in [1.807, 2.05) is 39.6 Å². The highest BCUT2D eigenvalue weighted by atomic mass is 19.1. The fourth-order valence-corrected chi connectivity index (χ4v) is 4.98. The lowest BCUT2D eigenvalue weighted by molar-refractivity contribution is 0.0737. The summed E-state index contributed by atoms with van der Waals surface area (Å²) in [4.78, 5) is 19.7. The molecule has 6 nitrogen and oxygen atoms in total. The van der Waals surface area contributed by atoms with Crippen molar-refractivity contribution in [2.45, 2.75) is 33.0 Å². The molecule has 8 heteroatoms. The Balaban J connectivity index is 1.33. The summed E-state index contributed by atoms with van der Waals surface area (Å²) in [5.74, 6) is -1.14. The average molecular weight is 466 g/mol. The van der Waals surface area contributed by atoms with Crippen LogP contribution in [-0.2, 0) is 26.1 Å². The Kier molecular flexibility index (Phi) is 6.32. The van der Waals surface area contributed by atoms with Crippen LogP contribution in [0, 0.1) is 11.6 Å². The maximum atomic E-state index is 14.2. The number of benzene rings is 2. The molecule has 0 spiro atoms. The highest BCUT2D eigenvalue weighted by Gasteiger charge is 2.32. The summed E-state index contributed by atoms with van der Waals surface area (Å²) in [7, 11) is 0. The molecule has 0 N–H and O–H groups in total. The predicted molar refractivity (Wildman–Crippen MR) is 127 cm³/mol. The third kappa shape index (κ3) is 4.30. The monoisotopic (exact) mass is 465 g/mol. The van der Waals surface area contributed by atoms with Crippen molar-refractivity contribution in [2.75, 3.05) is 37.6 Å². The molecule has 5 rings (SSSR count). The summed E-state index contributed by atoms with van der Waals surface area (Å²) in [5, 5.41) is 4.68. The van der Waals surface area contributed by atoms with Crippen LogP contribution >= 0.6 is 0 Å². The van der Waals surface area contributed by atoms with E-state index in [9.17, 15) is 13.6 Å². The van der Waals surface area contributed by atoms with E-state index in [-0.39, 0.29) is 18.0 Å². The summed E-state index contributed by atoms with van der Waals surface area (Å²) in [6, 6.07) is 14.2. The molecule has 0 radical (unpaired) electrons. The molecule has 1 saturated heterocycles. The van der Waals surface area contributed by atoms with Crippen LogP contribution in [0.4, 0.5) is 14.5 Å². The van der Waals surface area contributed by atoms with Gasteiger partial charge in [-0.15, -0.1) is 0 Å². The van der Waals surface area contributed by atoms with Gasteiger partial charge in [-0.05, 0) is 31.2 Å². The van der Waals surface area contributed by atoms with Crippen LogP contribution in [0.25, 0.3) is 0 Å². The number of aryl methyl sites for hydroxylation is 1. The summed E-state index contributed by atoms with van der Waals surface area (Å²) in [6.45, 7) is 6.77. The van der Waals surface area contributed by atoms with Crippen LogP contribution in [0.15, 0.2) is 48.5 Å². The van der Waals surface area contributed by atoms with Crippen LogP contribution < -0.4 is 4.90 Å². The van der Waals surface area contributed by atoms with Gasteiger partial charge in [0.25, 0.3) is 5.91 Å². The average Bonchev–Trinajstić information content (AvgIpc) is 3.24. The minimum atomic E-state index is -0.539. The van der Waals surface area contributed by atoms with E-state index in [2.05, 4.69) is 22.1 Å². The standard InChI is InChI=1S/C26H29F2N5O/c1-2-33-24-11-12-30(17-20-22(27)9-6-10-23(20)28)18-21(24)25(29-33)26(34)32-15-13-31(14-16-32)19-7-4-3-5-8-19/h3-10H,2,11-18H2,1H3. The molecule has 0 bridgehead atoms. The van der Waals surface area contributed by atoms with Gasteiger partial charge in [0.15, 0.2) is 5.69 Å². The fourth-order valence-electron chi connectivity index (χ4n) is 4.98. The Morgan fingerprint density at radius 1 is 0.941 bits per heavy atom. The SMILES string of the molecule is CCn1nc(C(=O)N2CCN(c3ccccc3)CC2)c2c1CCN(Cc1c(F)cccc1F)C2. The van der Waals surface area contributed by atoms with Gasteiger partial charge < -0.3 is 9.80 Å². The van der Waals surface area contributed by atoms with Crippen molar-refractivity contribution in [3.05, 3.63) is 82.7 Å². The number of amides is 1. The van der Waals surface area contributed by atoms with Crippen molar-refractivity contribution >= 4 is 11.6 Å². The van der Waals surface area contributed by atoms with Crippen LogP contribution in [-0.4, -0.2) is 58.2 Å². The molecule has 0 atom stereocenters. The molecule has 1 amide bonds. The number of carbonyl (C=O) groups is 1. The first-order chi connectivity index (χ1) is 16.5. The third-order valence-corrected chi connectivity index (χ3v) is 6.85. The Hall–Kier alpha value is -3.26. The highest BCUT2D eigenvalue weighted by molar-refractivity contribution is 5.94. The molecule has 1 aromatic heterocycles. The fraction of sp³-hybridized carbons (Fsp3) is 0.385. The van der Waals surface area contributed by atoms with Gasteiger partial charge in [0, 0.05) is 81.3 Å². The van der Waals surface area contributed by atoms with Gasteiger partial charge in [-0.1, -0.05) is 24.3 Å². The van der Waals surface area contributed by atoms with Crippen molar-refractivity contribution in [1.29, 1.82) is 0 Å². The molecule has 0 saturated carbocycles. The molecule has 0 aliphatic carbocycles. The zero-order valence-corrected chi connectivity index (χ0v) is 19.4. The van der Waals surface area contributed by atoms with E-state index in [1.165, 1.54) is 23.9 Å². The van der Waals surface area contributed by atoms with E-state index in [0.29, 0.717) is 44.8 Å². The number of fused-ring (bicyclic) bond motifs is 1. The van der Waals surface area contributed by atoms with Gasteiger partial charge in [-0.3, -0.25) is 14.4 Å². The van der Waals surface area contributed by atoms with Gasteiger partial charge in [-0.2, -0.15) is 5.10 Å². The summed E-state index contributed by atoms with van der Waals surface area (Å²) in [6.07, 6.45) is 0.696. The quantitative estimate of drug-likeness (QED) is 0.577. The molecule has 0 unspecified atom stereocenters.